The topological polar surface area (TPSA) is 97.0 Å². The van der Waals surface area contributed by atoms with E-state index in [2.05, 4.69) is 26.5 Å². The van der Waals surface area contributed by atoms with Gasteiger partial charge in [-0.1, -0.05) is 0 Å². The SMILES string of the molecule is CCOc1cc(/C=N\Nc2ccc(C(F)(F)F)cc2[N+](=O)[O-])cc(Br)c1O. The highest BCUT2D eigenvalue weighted by Gasteiger charge is 2.33. The fourth-order valence-corrected chi connectivity index (χ4v) is 2.52. The van der Waals surface area contributed by atoms with Crippen molar-refractivity contribution in [2.45, 2.75) is 13.1 Å². The first-order valence-electron chi connectivity index (χ1n) is 7.43. The van der Waals surface area contributed by atoms with E-state index in [9.17, 15) is 28.4 Å². The lowest BCUT2D eigenvalue weighted by Crippen LogP contribution is -2.06. The van der Waals surface area contributed by atoms with Crippen LogP contribution in [0.5, 0.6) is 11.5 Å². The zero-order valence-corrected chi connectivity index (χ0v) is 15.3. The molecule has 0 aliphatic carbocycles. The molecule has 0 unspecified atom stereocenters. The van der Waals surface area contributed by atoms with Crippen LogP contribution >= 0.6 is 15.9 Å². The van der Waals surface area contributed by atoms with Gasteiger partial charge in [-0.05, 0) is 52.7 Å². The van der Waals surface area contributed by atoms with Crippen molar-refractivity contribution < 1.29 is 27.9 Å². The standard InChI is InChI=1S/C16H13BrF3N3O4/c1-2-27-14-6-9(5-11(17)15(14)24)8-21-22-12-4-3-10(16(18,19)20)7-13(12)23(25)26/h3-8,22,24H,2H2,1H3/b21-8-. The average Bonchev–Trinajstić information content (AvgIpc) is 2.58. The Kier molecular flexibility index (Phi) is 6.26. The lowest BCUT2D eigenvalue weighted by Gasteiger charge is -2.09. The summed E-state index contributed by atoms with van der Waals surface area (Å²) in [5.74, 6) is 0.106. The van der Waals surface area contributed by atoms with Crippen molar-refractivity contribution in [1.82, 2.24) is 0 Å². The minimum atomic E-state index is -4.69. The Labute approximate surface area is 159 Å². The molecule has 0 amide bonds. The predicted molar refractivity (Wildman–Crippen MR) is 96.3 cm³/mol. The number of nitro groups is 1. The Hall–Kier alpha value is -2.82. The van der Waals surface area contributed by atoms with Crippen molar-refractivity contribution in [1.29, 1.82) is 0 Å². The van der Waals surface area contributed by atoms with Crippen molar-refractivity contribution in [3.05, 3.63) is 56.0 Å². The molecule has 7 nitrogen and oxygen atoms in total. The number of rotatable bonds is 6. The van der Waals surface area contributed by atoms with E-state index in [1.807, 2.05) is 0 Å². The van der Waals surface area contributed by atoms with E-state index in [1.54, 1.807) is 6.92 Å². The zero-order chi connectivity index (χ0) is 20.2. The molecule has 0 spiro atoms. The van der Waals surface area contributed by atoms with E-state index >= 15 is 0 Å². The van der Waals surface area contributed by atoms with E-state index < -0.39 is 22.4 Å². The van der Waals surface area contributed by atoms with Gasteiger partial charge in [-0.2, -0.15) is 18.3 Å². The summed E-state index contributed by atoms with van der Waals surface area (Å²) in [6.45, 7) is 2.05. The van der Waals surface area contributed by atoms with Gasteiger partial charge in [-0.3, -0.25) is 15.5 Å². The Balaban J connectivity index is 2.27. The number of aromatic hydroxyl groups is 1. The normalized spacial score (nSPS) is 11.6. The van der Waals surface area contributed by atoms with Gasteiger partial charge in [0.25, 0.3) is 5.69 Å². The third-order valence-corrected chi connectivity index (χ3v) is 3.88. The third kappa shape index (κ3) is 5.09. The minimum absolute atomic E-state index is 0.0969. The molecule has 27 heavy (non-hydrogen) atoms. The van der Waals surface area contributed by atoms with Crippen molar-refractivity contribution in [2.75, 3.05) is 12.0 Å². The lowest BCUT2D eigenvalue weighted by molar-refractivity contribution is -0.384. The van der Waals surface area contributed by atoms with Gasteiger partial charge in [0, 0.05) is 6.07 Å². The molecule has 0 aliphatic rings. The number of phenols is 1. The second-order valence-corrected chi connectivity index (χ2v) is 5.99. The third-order valence-electron chi connectivity index (χ3n) is 3.27. The van der Waals surface area contributed by atoms with Crippen LogP contribution in [0.1, 0.15) is 18.1 Å². The van der Waals surface area contributed by atoms with Crippen LogP contribution in [-0.2, 0) is 6.18 Å². The summed E-state index contributed by atoms with van der Waals surface area (Å²) in [5, 5.41) is 24.7. The molecule has 0 bridgehead atoms. The second kappa shape index (κ2) is 8.25. The Morgan fingerprint density at radius 1 is 1.37 bits per heavy atom. The van der Waals surface area contributed by atoms with Crippen LogP contribution in [0.25, 0.3) is 0 Å². The molecule has 2 N–H and O–H groups in total. The molecular weight excluding hydrogens is 435 g/mol. The molecule has 144 valence electrons. The molecule has 2 aromatic carbocycles. The fourth-order valence-electron chi connectivity index (χ4n) is 2.06. The number of hydrogen-bond acceptors (Lipinski definition) is 6. The van der Waals surface area contributed by atoms with Crippen LogP contribution in [0.4, 0.5) is 24.5 Å². The maximum atomic E-state index is 12.7. The number of alkyl halides is 3. The first-order chi connectivity index (χ1) is 12.6. The van der Waals surface area contributed by atoms with Crippen molar-refractivity contribution >= 4 is 33.5 Å². The molecule has 11 heteroatoms. The smallest absolute Gasteiger partial charge is 0.416 e. The summed E-state index contributed by atoms with van der Waals surface area (Å²) in [5.41, 5.74) is 0.732. The number of nitrogens with one attached hydrogen (secondary N) is 1. The molecule has 0 saturated heterocycles. The van der Waals surface area contributed by atoms with Crippen LogP contribution in [0.15, 0.2) is 39.9 Å². The number of nitrogens with zero attached hydrogens (tertiary/aromatic N) is 2. The van der Waals surface area contributed by atoms with Crippen LogP contribution in [0, 0.1) is 10.1 Å². The molecule has 0 heterocycles. The van der Waals surface area contributed by atoms with Crippen LogP contribution < -0.4 is 10.2 Å². The number of ether oxygens (including phenoxy) is 1. The molecule has 0 radical (unpaired) electrons. The van der Waals surface area contributed by atoms with Crippen LogP contribution in [-0.4, -0.2) is 22.9 Å². The highest BCUT2D eigenvalue weighted by Crippen LogP contribution is 2.36. The maximum Gasteiger partial charge on any atom is 0.416 e. The number of hydrogen-bond donors (Lipinski definition) is 2. The van der Waals surface area contributed by atoms with E-state index in [4.69, 9.17) is 4.74 Å². The molecule has 0 atom stereocenters. The monoisotopic (exact) mass is 447 g/mol. The summed E-state index contributed by atoms with van der Waals surface area (Å²) < 4.78 is 43.7. The number of benzene rings is 2. The highest BCUT2D eigenvalue weighted by molar-refractivity contribution is 9.10. The number of halogens is 4. The highest BCUT2D eigenvalue weighted by atomic mass is 79.9. The van der Waals surface area contributed by atoms with Gasteiger partial charge in [0.05, 0.1) is 27.8 Å². The minimum Gasteiger partial charge on any atom is -0.503 e. The summed E-state index contributed by atoms with van der Waals surface area (Å²) in [6, 6.07) is 5.08. The largest absolute Gasteiger partial charge is 0.503 e. The quantitative estimate of drug-likeness (QED) is 0.371. The first kappa shape index (κ1) is 20.5. The number of phenolic OH excluding ortho intramolecular Hbond substituents is 1. The molecule has 0 aromatic heterocycles. The summed E-state index contributed by atoms with van der Waals surface area (Å²) in [7, 11) is 0. The van der Waals surface area contributed by atoms with E-state index in [-0.39, 0.29) is 17.2 Å². The van der Waals surface area contributed by atoms with Gasteiger partial charge in [-0.25, -0.2) is 0 Å². The number of nitro benzene ring substituents is 1. The average molecular weight is 448 g/mol. The van der Waals surface area contributed by atoms with E-state index in [1.165, 1.54) is 18.3 Å². The Bertz CT molecular complexity index is 888. The lowest BCUT2D eigenvalue weighted by atomic mass is 10.1. The molecular formula is C16H13BrF3N3O4. The van der Waals surface area contributed by atoms with Crippen LogP contribution in [0.3, 0.4) is 0 Å². The van der Waals surface area contributed by atoms with Crippen molar-refractivity contribution in [3.8, 4) is 11.5 Å². The van der Waals surface area contributed by atoms with Gasteiger partial charge in [-0.15, -0.1) is 0 Å². The molecule has 2 aromatic rings. The fraction of sp³-hybridized carbons (Fsp3) is 0.188. The van der Waals surface area contributed by atoms with Gasteiger partial charge < -0.3 is 9.84 Å². The van der Waals surface area contributed by atoms with Gasteiger partial charge >= 0.3 is 6.18 Å². The molecule has 0 aliphatic heterocycles. The molecule has 0 saturated carbocycles. The maximum absolute atomic E-state index is 12.7. The summed E-state index contributed by atoms with van der Waals surface area (Å²) in [6.07, 6.45) is -3.42. The first-order valence-corrected chi connectivity index (χ1v) is 8.22. The number of anilines is 1. The van der Waals surface area contributed by atoms with Crippen LogP contribution in [0.2, 0.25) is 0 Å². The van der Waals surface area contributed by atoms with Crippen molar-refractivity contribution in [3.63, 3.8) is 0 Å². The Morgan fingerprint density at radius 3 is 2.67 bits per heavy atom. The van der Waals surface area contributed by atoms with E-state index in [0.29, 0.717) is 22.7 Å². The Morgan fingerprint density at radius 2 is 2.07 bits per heavy atom. The molecule has 0 fully saturated rings. The zero-order valence-electron chi connectivity index (χ0n) is 13.7. The second-order valence-electron chi connectivity index (χ2n) is 5.14. The van der Waals surface area contributed by atoms with Gasteiger partial charge in [0.15, 0.2) is 11.5 Å². The van der Waals surface area contributed by atoms with Gasteiger partial charge in [0.2, 0.25) is 0 Å². The number of hydrazone groups is 1. The van der Waals surface area contributed by atoms with E-state index in [0.717, 1.165) is 12.1 Å². The summed E-state index contributed by atoms with van der Waals surface area (Å²) in [4.78, 5) is 10.1. The summed E-state index contributed by atoms with van der Waals surface area (Å²) >= 11 is 3.15. The van der Waals surface area contributed by atoms with Gasteiger partial charge in [0.1, 0.15) is 5.69 Å². The molecule has 2 rings (SSSR count). The predicted octanol–water partition coefficient (Wildman–Crippen LogP) is 4.93. The van der Waals surface area contributed by atoms with Crippen molar-refractivity contribution in [2.24, 2.45) is 5.10 Å².